The molecule has 0 heterocycles. The van der Waals surface area contributed by atoms with Crippen LogP contribution in [0.2, 0.25) is 0 Å². The molecule has 0 radical (unpaired) electrons. The Morgan fingerprint density at radius 2 is 1.95 bits per heavy atom. The summed E-state index contributed by atoms with van der Waals surface area (Å²) < 4.78 is 0.612. The second-order valence-electron chi connectivity index (χ2n) is 5.39. The second-order valence-corrected chi connectivity index (χ2v) is 6.25. The molecule has 114 valence electrons. The third-order valence-corrected chi connectivity index (χ3v) is 4.58. The number of benzene rings is 1. The van der Waals surface area contributed by atoms with E-state index in [4.69, 9.17) is 5.73 Å². The molecule has 1 aliphatic rings. The number of carbonyl (C=O) groups excluding carboxylic acids is 1. The van der Waals surface area contributed by atoms with E-state index in [0.717, 1.165) is 31.4 Å². The van der Waals surface area contributed by atoms with Crippen LogP contribution in [0.3, 0.4) is 0 Å². The van der Waals surface area contributed by atoms with Gasteiger partial charge >= 0.3 is 5.97 Å². The van der Waals surface area contributed by atoms with E-state index in [0.29, 0.717) is 16.5 Å². The van der Waals surface area contributed by atoms with Gasteiger partial charge in [-0.25, -0.2) is 0 Å². The normalized spacial score (nSPS) is 22.3. The lowest BCUT2D eigenvalue weighted by Gasteiger charge is -2.24. The lowest BCUT2D eigenvalue weighted by Crippen LogP contribution is -2.33. The lowest BCUT2D eigenvalue weighted by molar-refractivity contribution is -0.142. The zero-order chi connectivity index (χ0) is 15.4. The molecule has 4 N–H and O–H groups in total. The van der Waals surface area contributed by atoms with Crippen LogP contribution >= 0.6 is 15.9 Å². The van der Waals surface area contributed by atoms with E-state index in [1.54, 1.807) is 18.2 Å². The average Bonchev–Trinajstić information content (AvgIpc) is 2.63. The minimum atomic E-state index is -0.748. The average molecular weight is 355 g/mol. The minimum absolute atomic E-state index is 0.0867. The molecule has 1 amide bonds. The monoisotopic (exact) mass is 354 g/mol. The molecule has 1 aromatic rings. The quantitative estimate of drug-likeness (QED) is 0.724. The Hall–Kier alpha value is -1.56. The van der Waals surface area contributed by atoms with Gasteiger partial charge in [0.2, 0.25) is 5.91 Å². The van der Waals surface area contributed by atoms with Gasteiger partial charge < -0.3 is 16.2 Å². The number of amides is 1. The molecule has 6 heteroatoms. The molecule has 0 aromatic heterocycles. The third-order valence-electron chi connectivity index (χ3n) is 3.92. The van der Waals surface area contributed by atoms with Crippen LogP contribution in [-0.2, 0) is 4.79 Å². The summed E-state index contributed by atoms with van der Waals surface area (Å²) in [6.07, 6.45) is 4.60. The minimum Gasteiger partial charge on any atom is -0.481 e. The van der Waals surface area contributed by atoms with E-state index in [1.165, 1.54) is 0 Å². The highest BCUT2D eigenvalue weighted by Gasteiger charge is 2.29. The van der Waals surface area contributed by atoms with Crippen molar-refractivity contribution in [3.8, 4) is 0 Å². The van der Waals surface area contributed by atoms with Crippen molar-refractivity contribution < 1.29 is 14.7 Å². The van der Waals surface area contributed by atoms with Crippen molar-refractivity contribution in [2.24, 2.45) is 11.7 Å². The van der Waals surface area contributed by atoms with Crippen LogP contribution in [0.1, 0.15) is 42.5 Å². The first kappa shape index (κ1) is 15.8. The number of anilines is 1. The maximum Gasteiger partial charge on any atom is 0.308 e. The predicted molar refractivity (Wildman–Crippen MR) is 84.3 cm³/mol. The van der Waals surface area contributed by atoms with Crippen molar-refractivity contribution in [3.05, 3.63) is 28.2 Å². The smallest absolute Gasteiger partial charge is 0.308 e. The standard InChI is InChI=1S/C15H19BrN2O3/c16-12-8-9(6-7-10(12)14(17)19)18-13-5-3-1-2-4-11(13)15(20)21/h6-8,11,13,18H,1-5H2,(H2,17,19)(H,20,21). The highest BCUT2D eigenvalue weighted by Crippen LogP contribution is 2.28. The van der Waals surface area contributed by atoms with Gasteiger partial charge in [-0.15, -0.1) is 0 Å². The largest absolute Gasteiger partial charge is 0.481 e. The number of primary amides is 1. The van der Waals surface area contributed by atoms with Gasteiger partial charge in [-0.2, -0.15) is 0 Å². The van der Waals surface area contributed by atoms with Gasteiger partial charge in [-0.1, -0.05) is 19.3 Å². The summed E-state index contributed by atoms with van der Waals surface area (Å²) in [5.74, 6) is -1.62. The Morgan fingerprint density at radius 3 is 2.57 bits per heavy atom. The number of nitrogens with one attached hydrogen (secondary N) is 1. The molecule has 0 aliphatic heterocycles. The van der Waals surface area contributed by atoms with Crippen molar-refractivity contribution in [2.45, 2.75) is 38.1 Å². The molecule has 2 rings (SSSR count). The number of aliphatic carboxylic acids is 1. The van der Waals surface area contributed by atoms with E-state index in [1.807, 2.05) is 0 Å². The number of carboxylic acid groups (broad SMARTS) is 1. The number of halogens is 1. The fourth-order valence-electron chi connectivity index (χ4n) is 2.79. The van der Waals surface area contributed by atoms with Crippen LogP contribution < -0.4 is 11.1 Å². The fraction of sp³-hybridized carbons (Fsp3) is 0.467. The van der Waals surface area contributed by atoms with E-state index in [2.05, 4.69) is 21.2 Å². The number of rotatable bonds is 4. The summed E-state index contributed by atoms with van der Waals surface area (Å²) in [6, 6.07) is 5.08. The zero-order valence-corrected chi connectivity index (χ0v) is 13.2. The Bertz CT molecular complexity index is 548. The van der Waals surface area contributed by atoms with Gasteiger partial charge in [0, 0.05) is 16.2 Å². The Morgan fingerprint density at radius 1 is 1.24 bits per heavy atom. The summed E-state index contributed by atoms with van der Waals surface area (Å²) in [6.45, 7) is 0. The van der Waals surface area contributed by atoms with Crippen LogP contribution in [0.4, 0.5) is 5.69 Å². The number of hydrogen-bond donors (Lipinski definition) is 3. The molecule has 1 aromatic carbocycles. The Labute approximate surface area is 132 Å². The highest BCUT2D eigenvalue weighted by molar-refractivity contribution is 9.10. The highest BCUT2D eigenvalue weighted by atomic mass is 79.9. The van der Waals surface area contributed by atoms with E-state index in [-0.39, 0.29) is 12.0 Å². The molecule has 1 fully saturated rings. The van der Waals surface area contributed by atoms with Crippen LogP contribution in [-0.4, -0.2) is 23.0 Å². The van der Waals surface area contributed by atoms with Crippen LogP contribution in [0.5, 0.6) is 0 Å². The molecule has 2 atom stereocenters. The van der Waals surface area contributed by atoms with Crippen molar-refractivity contribution in [1.82, 2.24) is 0 Å². The Balaban J connectivity index is 2.16. The summed E-state index contributed by atoms with van der Waals surface area (Å²) >= 11 is 3.31. The van der Waals surface area contributed by atoms with E-state index in [9.17, 15) is 14.7 Å². The summed E-state index contributed by atoms with van der Waals surface area (Å²) in [7, 11) is 0. The lowest BCUT2D eigenvalue weighted by atomic mass is 9.94. The molecule has 0 bridgehead atoms. The second kappa shape index (κ2) is 6.93. The summed E-state index contributed by atoms with van der Waals surface area (Å²) in [5.41, 5.74) is 6.47. The van der Waals surface area contributed by atoms with E-state index >= 15 is 0 Å². The summed E-state index contributed by atoms with van der Waals surface area (Å²) in [4.78, 5) is 22.6. The number of hydrogen-bond acceptors (Lipinski definition) is 3. The van der Waals surface area contributed by atoms with Gasteiger partial charge in [-0.05, 0) is 47.0 Å². The predicted octanol–water partition coefficient (Wildman–Crippen LogP) is 2.99. The van der Waals surface area contributed by atoms with E-state index < -0.39 is 11.9 Å². The molecule has 0 spiro atoms. The SMILES string of the molecule is NC(=O)c1ccc(NC2CCCCCC2C(=O)O)cc1Br. The van der Waals surface area contributed by atoms with Crippen molar-refractivity contribution >= 4 is 33.5 Å². The number of carboxylic acids is 1. The molecule has 0 saturated heterocycles. The van der Waals surface area contributed by atoms with Crippen molar-refractivity contribution in [2.75, 3.05) is 5.32 Å². The van der Waals surface area contributed by atoms with Crippen LogP contribution in [0.15, 0.2) is 22.7 Å². The molecular weight excluding hydrogens is 336 g/mol. The van der Waals surface area contributed by atoms with Gasteiger partial charge in [0.15, 0.2) is 0 Å². The van der Waals surface area contributed by atoms with Crippen LogP contribution in [0.25, 0.3) is 0 Å². The Kier molecular flexibility index (Phi) is 5.22. The van der Waals surface area contributed by atoms with Gasteiger partial charge in [0.05, 0.1) is 11.5 Å². The third kappa shape index (κ3) is 3.97. The zero-order valence-electron chi connectivity index (χ0n) is 11.6. The first-order chi connectivity index (χ1) is 9.99. The fourth-order valence-corrected chi connectivity index (χ4v) is 3.37. The molecule has 21 heavy (non-hydrogen) atoms. The molecule has 5 nitrogen and oxygen atoms in total. The summed E-state index contributed by atoms with van der Waals surface area (Å²) in [5, 5.41) is 12.7. The first-order valence-corrected chi connectivity index (χ1v) is 7.87. The molecule has 2 unspecified atom stereocenters. The molecule has 1 aliphatic carbocycles. The van der Waals surface area contributed by atoms with Crippen molar-refractivity contribution in [3.63, 3.8) is 0 Å². The maximum atomic E-state index is 11.4. The van der Waals surface area contributed by atoms with Crippen molar-refractivity contribution in [1.29, 1.82) is 0 Å². The number of nitrogens with two attached hydrogens (primary N) is 1. The topological polar surface area (TPSA) is 92.4 Å². The molecular formula is C15H19BrN2O3. The van der Waals surface area contributed by atoms with Gasteiger partial charge in [-0.3, -0.25) is 9.59 Å². The first-order valence-electron chi connectivity index (χ1n) is 7.07. The van der Waals surface area contributed by atoms with Crippen LogP contribution in [0, 0.1) is 5.92 Å². The molecule has 1 saturated carbocycles. The van der Waals surface area contributed by atoms with Gasteiger partial charge in [0.25, 0.3) is 0 Å². The van der Waals surface area contributed by atoms with Gasteiger partial charge in [0.1, 0.15) is 0 Å². The number of carbonyl (C=O) groups is 2. The maximum absolute atomic E-state index is 11.4.